The Labute approximate surface area is 124 Å². The monoisotopic (exact) mass is 326 g/mol. The molecule has 1 aliphatic rings. The lowest BCUT2D eigenvalue weighted by atomic mass is 9.92. The predicted octanol–water partition coefficient (Wildman–Crippen LogP) is 3.69. The first kappa shape index (κ1) is 14.6. The van der Waals surface area contributed by atoms with Gasteiger partial charge in [0.25, 0.3) is 0 Å². The maximum Gasteiger partial charge on any atom is 0.148 e. The van der Waals surface area contributed by atoms with E-state index in [1.54, 1.807) is 6.33 Å². The highest BCUT2D eigenvalue weighted by Crippen LogP contribution is 2.32. The van der Waals surface area contributed by atoms with Gasteiger partial charge in [0.2, 0.25) is 0 Å². The summed E-state index contributed by atoms with van der Waals surface area (Å²) in [7, 11) is 0. The first-order chi connectivity index (χ1) is 9.26. The highest BCUT2D eigenvalue weighted by atomic mass is 79.9. The van der Waals surface area contributed by atoms with E-state index in [1.807, 2.05) is 0 Å². The van der Waals surface area contributed by atoms with Gasteiger partial charge in [0.1, 0.15) is 22.4 Å². The second kappa shape index (κ2) is 7.08. The lowest BCUT2D eigenvalue weighted by Crippen LogP contribution is -2.34. The Morgan fingerprint density at radius 2 is 2.05 bits per heavy atom. The van der Waals surface area contributed by atoms with Crippen molar-refractivity contribution in [2.45, 2.75) is 39.5 Å². The van der Waals surface area contributed by atoms with Crippen LogP contribution in [0.15, 0.2) is 10.8 Å². The molecule has 19 heavy (non-hydrogen) atoms. The summed E-state index contributed by atoms with van der Waals surface area (Å²) in [5.41, 5.74) is 0. The van der Waals surface area contributed by atoms with Gasteiger partial charge in [0.15, 0.2) is 0 Å². The molecule has 106 valence electrons. The van der Waals surface area contributed by atoms with Crippen LogP contribution in [0.4, 0.5) is 11.6 Å². The molecule has 1 saturated heterocycles. The largest absolute Gasteiger partial charge is 0.369 e. The van der Waals surface area contributed by atoms with Gasteiger partial charge in [-0.15, -0.1) is 0 Å². The van der Waals surface area contributed by atoms with Gasteiger partial charge in [-0.2, -0.15) is 0 Å². The van der Waals surface area contributed by atoms with Crippen molar-refractivity contribution in [3.63, 3.8) is 0 Å². The average Bonchev–Trinajstić information content (AvgIpc) is 2.43. The molecule has 0 aliphatic carbocycles. The fourth-order valence-electron chi connectivity index (χ4n) is 2.71. The Hall–Kier alpha value is -0.840. The molecular weight excluding hydrogens is 304 g/mol. The summed E-state index contributed by atoms with van der Waals surface area (Å²) < 4.78 is 0.991. The normalized spacial score (nSPS) is 16.7. The van der Waals surface area contributed by atoms with Crippen molar-refractivity contribution >= 4 is 27.6 Å². The first-order valence-electron chi connectivity index (χ1n) is 7.25. The number of aromatic nitrogens is 2. The van der Waals surface area contributed by atoms with E-state index in [0.29, 0.717) is 0 Å². The summed E-state index contributed by atoms with van der Waals surface area (Å²) in [6.07, 6.45) is 6.87. The van der Waals surface area contributed by atoms with E-state index in [-0.39, 0.29) is 0 Å². The quantitative estimate of drug-likeness (QED) is 0.895. The van der Waals surface area contributed by atoms with E-state index in [0.717, 1.165) is 41.7 Å². The van der Waals surface area contributed by atoms with Crippen LogP contribution in [0.2, 0.25) is 0 Å². The number of anilines is 2. The molecule has 0 aromatic carbocycles. The van der Waals surface area contributed by atoms with E-state index in [2.05, 4.69) is 50.0 Å². The van der Waals surface area contributed by atoms with E-state index < -0.39 is 0 Å². The van der Waals surface area contributed by atoms with Crippen molar-refractivity contribution in [2.75, 3.05) is 29.9 Å². The van der Waals surface area contributed by atoms with Crippen LogP contribution in [0, 0.1) is 5.92 Å². The lowest BCUT2D eigenvalue weighted by molar-refractivity contribution is 0.377. The molecule has 0 amide bonds. The minimum absolute atomic E-state index is 0.869. The van der Waals surface area contributed by atoms with Gasteiger partial charge in [0.05, 0.1) is 0 Å². The smallest absolute Gasteiger partial charge is 0.148 e. The van der Waals surface area contributed by atoms with Crippen LogP contribution < -0.4 is 10.2 Å². The third-order valence-electron chi connectivity index (χ3n) is 3.73. The molecule has 0 spiro atoms. The number of piperidine rings is 1. The molecule has 0 atom stereocenters. The van der Waals surface area contributed by atoms with Gasteiger partial charge in [0, 0.05) is 19.6 Å². The number of hydrogen-bond donors (Lipinski definition) is 1. The van der Waals surface area contributed by atoms with Gasteiger partial charge in [-0.3, -0.25) is 0 Å². The Balaban J connectivity index is 2.05. The van der Waals surface area contributed by atoms with Crippen LogP contribution in [0.25, 0.3) is 0 Å². The molecule has 0 unspecified atom stereocenters. The van der Waals surface area contributed by atoms with Gasteiger partial charge < -0.3 is 10.2 Å². The van der Waals surface area contributed by atoms with Gasteiger partial charge >= 0.3 is 0 Å². The summed E-state index contributed by atoms with van der Waals surface area (Å²) in [4.78, 5) is 11.1. The Morgan fingerprint density at radius 3 is 2.68 bits per heavy atom. The molecule has 1 fully saturated rings. The SMILES string of the molecule is CCCC1CCN(c2ncnc(NCC)c2Br)CC1. The molecule has 0 saturated carbocycles. The van der Waals surface area contributed by atoms with E-state index in [9.17, 15) is 0 Å². The van der Waals surface area contributed by atoms with Crippen LogP contribution in [0.3, 0.4) is 0 Å². The number of nitrogens with zero attached hydrogens (tertiary/aromatic N) is 3. The maximum atomic E-state index is 4.44. The molecule has 2 rings (SSSR count). The number of nitrogens with one attached hydrogen (secondary N) is 1. The summed E-state index contributed by atoms with van der Waals surface area (Å²) in [5, 5.41) is 3.26. The molecule has 1 aromatic rings. The van der Waals surface area contributed by atoms with Crippen LogP contribution >= 0.6 is 15.9 Å². The number of halogens is 1. The highest BCUT2D eigenvalue weighted by molar-refractivity contribution is 9.10. The minimum atomic E-state index is 0.869. The molecule has 1 aromatic heterocycles. The molecule has 5 heteroatoms. The zero-order chi connectivity index (χ0) is 13.7. The van der Waals surface area contributed by atoms with Crippen molar-refractivity contribution in [1.29, 1.82) is 0 Å². The number of rotatable bonds is 5. The van der Waals surface area contributed by atoms with Gasteiger partial charge in [-0.1, -0.05) is 19.8 Å². The third kappa shape index (κ3) is 3.59. The second-order valence-electron chi connectivity index (χ2n) is 5.11. The Morgan fingerprint density at radius 1 is 1.32 bits per heavy atom. The summed E-state index contributed by atoms with van der Waals surface area (Å²) in [6, 6.07) is 0. The van der Waals surface area contributed by atoms with Crippen molar-refractivity contribution in [2.24, 2.45) is 5.92 Å². The summed E-state index contributed by atoms with van der Waals surface area (Å²) in [5.74, 6) is 2.82. The van der Waals surface area contributed by atoms with E-state index >= 15 is 0 Å². The van der Waals surface area contributed by atoms with Crippen LogP contribution in [-0.2, 0) is 0 Å². The van der Waals surface area contributed by atoms with Crippen LogP contribution in [0.5, 0.6) is 0 Å². The van der Waals surface area contributed by atoms with Crippen LogP contribution in [0.1, 0.15) is 39.5 Å². The predicted molar refractivity (Wildman–Crippen MR) is 83.7 cm³/mol. The zero-order valence-corrected chi connectivity index (χ0v) is 13.4. The molecule has 0 radical (unpaired) electrons. The molecule has 1 aliphatic heterocycles. The van der Waals surface area contributed by atoms with Crippen molar-refractivity contribution in [3.8, 4) is 0 Å². The zero-order valence-electron chi connectivity index (χ0n) is 11.8. The van der Waals surface area contributed by atoms with Crippen molar-refractivity contribution in [1.82, 2.24) is 9.97 Å². The standard InChI is InChI=1S/C14H23BrN4/c1-3-5-11-6-8-19(9-7-11)14-12(15)13(16-4-2)17-10-18-14/h10-11H,3-9H2,1-2H3,(H,16,17,18). The topological polar surface area (TPSA) is 41.1 Å². The van der Waals surface area contributed by atoms with Crippen molar-refractivity contribution < 1.29 is 0 Å². The Kier molecular flexibility index (Phi) is 5.43. The fourth-order valence-corrected chi connectivity index (χ4v) is 3.31. The second-order valence-corrected chi connectivity index (χ2v) is 5.90. The molecule has 1 N–H and O–H groups in total. The molecule has 4 nitrogen and oxygen atoms in total. The molecule has 0 bridgehead atoms. The summed E-state index contributed by atoms with van der Waals surface area (Å²) in [6.45, 7) is 7.42. The molecule has 2 heterocycles. The first-order valence-corrected chi connectivity index (χ1v) is 8.04. The van der Waals surface area contributed by atoms with E-state index in [4.69, 9.17) is 0 Å². The minimum Gasteiger partial charge on any atom is -0.369 e. The highest BCUT2D eigenvalue weighted by Gasteiger charge is 2.22. The van der Waals surface area contributed by atoms with E-state index in [1.165, 1.54) is 25.7 Å². The summed E-state index contributed by atoms with van der Waals surface area (Å²) >= 11 is 3.63. The lowest BCUT2D eigenvalue weighted by Gasteiger charge is -2.33. The Bertz CT molecular complexity index is 402. The third-order valence-corrected chi connectivity index (χ3v) is 4.46. The van der Waals surface area contributed by atoms with Crippen LogP contribution in [-0.4, -0.2) is 29.6 Å². The average molecular weight is 327 g/mol. The maximum absolute atomic E-state index is 4.44. The fraction of sp³-hybridized carbons (Fsp3) is 0.714. The van der Waals surface area contributed by atoms with Gasteiger partial charge in [-0.05, 0) is 41.6 Å². The van der Waals surface area contributed by atoms with Gasteiger partial charge in [-0.25, -0.2) is 9.97 Å². The van der Waals surface area contributed by atoms with Crippen molar-refractivity contribution in [3.05, 3.63) is 10.8 Å². The number of hydrogen-bond acceptors (Lipinski definition) is 4. The molecular formula is C14H23BrN4.